The number of hydrogen-bond donors (Lipinski definition) is 0. The van der Waals surface area contributed by atoms with Gasteiger partial charge in [-0.3, -0.25) is 0 Å². The zero-order valence-electron chi connectivity index (χ0n) is 20.3. The van der Waals surface area contributed by atoms with E-state index in [-0.39, 0.29) is 5.82 Å². The predicted octanol–water partition coefficient (Wildman–Crippen LogP) is 8.60. The van der Waals surface area contributed by atoms with Gasteiger partial charge in [0.15, 0.2) is 0 Å². The lowest BCUT2D eigenvalue weighted by Crippen LogP contribution is -1.94. The molecule has 0 N–H and O–H groups in total. The summed E-state index contributed by atoms with van der Waals surface area (Å²) in [5.74, 6) is 5.84. The number of halogens is 1. The third kappa shape index (κ3) is 6.36. The van der Waals surface area contributed by atoms with Crippen LogP contribution in [0.15, 0.2) is 78.9 Å². The molecule has 0 radical (unpaired) electrons. The molecule has 4 aromatic carbocycles. The van der Waals surface area contributed by atoms with Gasteiger partial charge in [0.05, 0.1) is 5.56 Å². The first-order valence-electron chi connectivity index (χ1n) is 12.5. The standard InChI is InChI=1S/C33H33F/c1-3-4-5-6-7-26-12-14-28(15-13-26)16-17-29-19-23-32-31(24-29)22-21-30(33(32)34)20-18-27-10-8-25(2)9-11-27/h8-15,19,21-24H,3-7,16-17H2,1-2H3. The van der Waals surface area contributed by atoms with Crippen LogP contribution < -0.4 is 0 Å². The lowest BCUT2D eigenvalue weighted by Gasteiger charge is -2.07. The average molecular weight is 449 g/mol. The molecule has 4 aromatic rings. The lowest BCUT2D eigenvalue weighted by molar-refractivity contribution is 0.636. The minimum absolute atomic E-state index is 0.238. The van der Waals surface area contributed by atoms with E-state index in [0.717, 1.165) is 23.8 Å². The highest BCUT2D eigenvalue weighted by Gasteiger charge is 2.07. The maximum Gasteiger partial charge on any atom is 0.146 e. The summed E-state index contributed by atoms with van der Waals surface area (Å²) in [6, 6.07) is 26.9. The van der Waals surface area contributed by atoms with Gasteiger partial charge < -0.3 is 0 Å². The third-order valence-corrected chi connectivity index (χ3v) is 6.46. The zero-order valence-corrected chi connectivity index (χ0v) is 20.3. The van der Waals surface area contributed by atoms with Crippen molar-refractivity contribution in [3.63, 3.8) is 0 Å². The number of aryl methyl sites for hydroxylation is 4. The van der Waals surface area contributed by atoms with Crippen molar-refractivity contribution in [1.29, 1.82) is 0 Å². The molecule has 4 rings (SSSR count). The van der Waals surface area contributed by atoms with Crippen molar-refractivity contribution in [3.05, 3.63) is 118 Å². The molecule has 0 saturated carbocycles. The molecule has 0 unspecified atom stereocenters. The van der Waals surface area contributed by atoms with Gasteiger partial charge in [0.25, 0.3) is 0 Å². The molecular formula is C33H33F. The molecule has 0 heterocycles. The second-order valence-electron chi connectivity index (χ2n) is 9.23. The van der Waals surface area contributed by atoms with E-state index in [4.69, 9.17) is 0 Å². The Morgan fingerprint density at radius 1 is 0.647 bits per heavy atom. The van der Waals surface area contributed by atoms with Crippen LogP contribution in [-0.4, -0.2) is 0 Å². The summed E-state index contributed by atoms with van der Waals surface area (Å²) in [5, 5.41) is 1.56. The van der Waals surface area contributed by atoms with Crippen molar-refractivity contribution in [2.24, 2.45) is 0 Å². The van der Waals surface area contributed by atoms with Crippen LogP contribution in [0.5, 0.6) is 0 Å². The maximum absolute atomic E-state index is 15.1. The molecule has 0 aliphatic heterocycles. The Labute approximate surface area is 203 Å². The Morgan fingerprint density at radius 2 is 1.32 bits per heavy atom. The fourth-order valence-corrected chi connectivity index (χ4v) is 4.29. The molecule has 0 atom stereocenters. The largest absolute Gasteiger partial charge is 0.205 e. The molecule has 0 aliphatic rings. The summed E-state index contributed by atoms with van der Waals surface area (Å²) in [4.78, 5) is 0. The van der Waals surface area contributed by atoms with Crippen LogP contribution in [0.4, 0.5) is 4.39 Å². The van der Waals surface area contributed by atoms with Gasteiger partial charge in [-0.25, -0.2) is 4.39 Å². The van der Waals surface area contributed by atoms with Crippen LogP contribution in [0.25, 0.3) is 10.8 Å². The summed E-state index contributed by atoms with van der Waals surface area (Å²) in [5.41, 5.74) is 6.54. The highest BCUT2D eigenvalue weighted by Crippen LogP contribution is 2.23. The van der Waals surface area contributed by atoms with E-state index >= 15 is 4.39 Å². The quantitative estimate of drug-likeness (QED) is 0.187. The monoisotopic (exact) mass is 448 g/mol. The van der Waals surface area contributed by atoms with Gasteiger partial charge in [0, 0.05) is 10.9 Å². The Kier molecular flexibility index (Phi) is 8.16. The van der Waals surface area contributed by atoms with Crippen LogP contribution in [0, 0.1) is 24.6 Å². The third-order valence-electron chi connectivity index (χ3n) is 6.46. The molecule has 1 heteroatoms. The zero-order chi connectivity index (χ0) is 23.8. The summed E-state index contributed by atoms with van der Waals surface area (Å²) in [6.07, 6.45) is 8.32. The molecule has 0 spiro atoms. The SMILES string of the molecule is CCCCCCc1ccc(CCc2ccc3c(F)c(C#Cc4ccc(C)cc4)ccc3c2)cc1. The lowest BCUT2D eigenvalue weighted by atomic mass is 9.98. The predicted molar refractivity (Wildman–Crippen MR) is 143 cm³/mol. The Balaban J connectivity index is 1.40. The number of rotatable bonds is 8. The van der Waals surface area contributed by atoms with Crippen LogP contribution in [-0.2, 0) is 19.3 Å². The Hall–Kier alpha value is -3.37. The molecule has 0 bridgehead atoms. The first-order chi connectivity index (χ1) is 16.6. The Morgan fingerprint density at radius 3 is 2.06 bits per heavy atom. The van der Waals surface area contributed by atoms with Crippen LogP contribution in [0.2, 0.25) is 0 Å². The van der Waals surface area contributed by atoms with E-state index in [1.54, 1.807) is 6.07 Å². The van der Waals surface area contributed by atoms with Gasteiger partial charge in [0.2, 0.25) is 0 Å². The average Bonchev–Trinajstić information content (AvgIpc) is 2.87. The van der Waals surface area contributed by atoms with Gasteiger partial charge in [0.1, 0.15) is 5.82 Å². The van der Waals surface area contributed by atoms with Crippen molar-refractivity contribution < 1.29 is 4.39 Å². The maximum atomic E-state index is 15.1. The fraction of sp³-hybridized carbons (Fsp3) is 0.273. The Bertz CT molecular complexity index is 1280. The smallest absolute Gasteiger partial charge is 0.146 e. The van der Waals surface area contributed by atoms with Gasteiger partial charge in [-0.05, 0) is 72.9 Å². The fourth-order valence-electron chi connectivity index (χ4n) is 4.29. The summed E-state index contributed by atoms with van der Waals surface area (Å²) < 4.78 is 15.1. The first kappa shape index (κ1) is 23.8. The molecule has 0 fully saturated rings. The highest BCUT2D eigenvalue weighted by molar-refractivity contribution is 5.85. The second kappa shape index (κ2) is 11.7. The first-order valence-corrected chi connectivity index (χ1v) is 12.5. The van der Waals surface area contributed by atoms with Crippen LogP contribution >= 0.6 is 0 Å². The molecule has 172 valence electrons. The van der Waals surface area contributed by atoms with E-state index in [1.807, 2.05) is 49.4 Å². The summed E-state index contributed by atoms with van der Waals surface area (Å²) >= 11 is 0. The second-order valence-corrected chi connectivity index (χ2v) is 9.23. The molecule has 0 nitrogen and oxygen atoms in total. The van der Waals surface area contributed by atoms with Crippen molar-refractivity contribution >= 4 is 10.8 Å². The van der Waals surface area contributed by atoms with Gasteiger partial charge in [-0.15, -0.1) is 0 Å². The molecule has 0 amide bonds. The van der Waals surface area contributed by atoms with E-state index in [9.17, 15) is 0 Å². The van der Waals surface area contributed by atoms with Crippen LogP contribution in [0.3, 0.4) is 0 Å². The molecule has 34 heavy (non-hydrogen) atoms. The van der Waals surface area contributed by atoms with Crippen LogP contribution in [0.1, 0.15) is 66.0 Å². The minimum Gasteiger partial charge on any atom is -0.205 e. The number of fused-ring (bicyclic) bond motifs is 1. The molecule has 0 aromatic heterocycles. The van der Waals surface area contributed by atoms with Gasteiger partial charge >= 0.3 is 0 Å². The van der Waals surface area contributed by atoms with E-state index in [0.29, 0.717) is 10.9 Å². The van der Waals surface area contributed by atoms with Crippen molar-refractivity contribution in [2.75, 3.05) is 0 Å². The van der Waals surface area contributed by atoms with Crippen molar-refractivity contribution in [1.82, 2.24) is 0 Å². The summed E-state index contributed by atoms with van der Waals surface area (Å²) in [6.45, 7) is 4.29. The van der Waals surface area contributed by atoms with Gasteiger partial charge in [-0.2, -0.15) is 0 Å². The van der Waals surface area contributed by atoms with E-state index in [2.05, 4.69) is 49.1 Å². The van der Waals surface area contributed by atoms with Crippen molar-refractivity contribution in [3.8, 4) is 11.8 Å². The van der Waals surface area contributed by atoms with E-state index in [1.165, 1.54) is 54.4 Å². The molecule has 0 saturated heterocycles. The summed E-state index contributed by atoms with van der Waals surface area (Å²) in [7, 11) is 0. The number of unbranched alkanes of at least 4 members (excludes halogenated alkanes) is 3. The normalized spacial score (nSPS) is 10.8. The van der Waals surface area contributed by atoms with Crippen molar-refractivity contribution in [2.45, 2.75) is 58.8 Å². The molecular weight excluding hydrogens is 415 g/mol. The topological polar surface area (TPSA) is 0 Å². The van der Waals surface area contributed by atoms with Gasteiger partial charge in [-0.1, -0.05) is 104 Å². The van der Waals surface area contributed by atoms with E-state index < -0.39 is 0 Å². The molecule has 0 aliphatic carbocycles. The minimum atomic E-state index is -0.238. The highest BCUT2D eigenvalue weighted by atomic mass is 19.1. The number of benzene rings is 4. The number of hydrogen-bond acceptors (Lipinski definition) is 0.